The summed E-state index contributed by atoms with van der Waals surface area (Å²) in [5.41, 5.74) is 2.20. The Balaban J connectivity index is 0.000000350. The monoisotopic (exact) mass is 466 g/mol. The van der Waals surface area contributed by atoms with Gasteiger partial charge in [0.05, 0.1) is 12.0 Å². The summed E-state index contributed by atoms with van der Waals surface area (Å²) in [6.45, 7) is 4.19. The van der Waals surface area contributed by atoms with Crippen LogP contribution in [0.25, 0.3) is 11.0 Å². The van der Waals surface area contributed by atoms with E-state index >= 15 is 0 Å². The van der Waals surface area contributed by atoms with Crippen LogP contribution in [-0.4, -0.2) is 51.9 Å². The molecular formula is C26H30N2O6. The molecule has 2 aromatic carbocycles. The van der Waals surface area contributed by atoms with Crippen molar-refractivity contribution in [3.05, 3.63) is 72.3 Å². The highest BCUT2D eigenvalue weighted by Crippen LogP contribution is 2.26. The molecule has 0 saturated carbocycles. The number of aromatic nitrogens is 1. The lowest BCUT2D eigenvalue weighted by Gasteiger charge is -2.32. The van der Waals surface area contributed by atoms with Crippen LogP contribution < -0.4 is 4.74 Å². The number of carbonyl (C=O) groups is 2. The van der Waals surface area contributed by atoms with Gasteiger partial charge in [-0.3, -0.25) is 4.90 Å². The predicted molar refractivity (Wildman–Crippen MR) is 128 cm³/mol. The largest absolute Gasteiger partial charge is 0.478 e. The minimum absolute atomic E-state index is 0.558. The molecule has 0 spiro atoms. The van der Waals surface area contributed by atoms with Gasteiger partial charge in [-0.25, -0.2) is 9.59 Å². The number of ether oxygens (including phenoxy) is 1. The number of carboxylic acids is 2. The third kappa shape index (κ3) is 8.37. The molecule has 0 radical (unpaired) electrons. The van der Waals surface area contributed by atoms with Crippen molar-refractivity contribution in [3.8, 4) is 5.88 Å². The molecule has 3 aromatic rings. The Morgan fingerprint density at radius 3 is 2.32 bits per heavy atom. The number of hydrogen-bond donors (Lipinski definition) is 2. The molecule has 1 aromatic heterocycles. The highest BCUT2D eigenvalue weighted by atomic mass is 16.5. The van der Waals surface area contributed by atoms with Crippen LogP contribution in [0.1, 0.15) is 31.2 Å². The summed E-state index contributed by atoms with van der Waals surface area (Å²) >= 11 is 0. The second kappa shape index (κ2) is 13.2. The summed E-state index contributed by atoms with van der Waals surface area (Å²) in [7, 11) is 0. The van der Waals surface area contributed by atoms with Crippen LogP contribution in [-0.2, 0) is 16.1 Å². The normalized spacial score (nSPS) is 14.6. The lowest BCUT2D eigenvalue weighted by atomic mass is 9.92. The molecule has 180 valence electrons. The van der Waals surface area contributed by atoms with Crippen LogP contribution in [0.5, 0.6) is 5.88 Å². The highest BCUT2D eigenvalue weighted by molar-refractivity contribution is 5.89. The molecule has 8 nitrogen and oxygen atoms in total. The number of piperidine rings is 1. The molecule has 1 saturated heterocycles. The summed E-state index contributed by atoms with van der Waals surface area (Å²) < 4.78 is 11.1. The van der Waals surface area contributed by atoms with Crippen molar-refractivity contribution in [2.75, 3.05) is 19.7 Å². The van der Waals surface area contributed by atoms with Gasteiger partial charge in [-0.05, 0) is 67.5 Å². The second-order valence-corrected chi connectivity index (χ2v) is 8.19. The Kier molecular flexibility index (Phi) is 9.66. The van der Waals surface area contributed by atoms with Crippen LogP contribution in [0.15, 0.2) is 71.3 Å². The number of rotatable bonds is 9. The van der Waals surface area contributed by atoms with Gasteiger partial charge in [0.2, 0.25) is 0 Å². The molecule has 34 heavy (non-hydrogen) atoms. The molecule has 4 rings (SSSR count). The van der Waals surface area contributed by atoms with E-state index in [1.54, 1.807) is 0 Å². The zero-order valence-electron chi connectivity index (χ0n) is 19.0. The van der Waals surface area contributed by atoms with Gasteiger partial charge in [-0.1, -0.05) is 42.5 Å². The number of aliphatic carboxylic acids is 2. The first-order valence-corrected chi connectivity index (χ1v) is 11.4. The smallest absolute Gasteiger partial charge is 0.328 e. The van der Waals surface area contributed by atoms with Gasteiger partial charge in [0.1, 0.15) is 0 Å². The Morgan fingerprint density at radius 2 is 1.65 bits per heavy atom. The van der Waals surface area contributed by atoms with Crippen LogP contribution in [0.3, 0.4) is 0 Å². The number of benzene rings is 2. The first-order chi connectivity index (χ1) is 16.5. The molecule has 8 heteroatoms. The molecule has 0 atom stereocenters. The summed E-state index contributed by atoms with van der Waals surface area (Å²) in [5, 5.41) is 20.6. The molecule has 2 N–H and O–H groups in total. The van der Waals surface area contributed by atoms with Gasteiger partial charge in [0, 0.05) is 18.7 Å². The van der Waals surface area contributed by atoms with Gasteiger partial charge in [-0.15, -0.1) is 0 Å². The lowest BCUT2D eigenvalue weighted by Crippen LogP contribution is -2.33. The van der Waals surface area contributed by atoms with Crippen molar-refractivity contribution in [1.82, 2.24) is 10.1 Å². The Morgan fingerprint density at radius 1 is 1.00 bits per heavy atom. The van der Waals surface area contributed by atoms with Crippen molar-refractivity contribution in [2.24, 2.45) is 5.92 Å². The van der Waals surface area contributed by atoms with E-state index in [-0.39, 0.29) is 0 Å². The maximum absolute atomic E-state index is 9.55. The minimum Gasteiger partial charge on any atom is -0.478 e. The highest BCUT2D eigenvalue weighted by Gasteiger charge is 2.19. The number of likely N-dealkylation sites (tertiary alicyclic amines) is 1. The van der Waals surface area contributed by atoms with Gasteiger partial charge >= 0.3 is 11.9 Å². The van der Waals surface area contributed by atoms with Crippen LogP contribution in [0, 0.1) is 5.92 Å². The molecule has 1 fully saturated rings. The fourth-order valence-corrected chi connectivity index (χ4v) is 3.93. The van der Waals surface area contributed by atoms with Gasteiger partial charge in [-0.2, -0.15) is 0 Å². The van der Waals surface area contributed by atoms with Gasteiger partial charge in [0.15, 0.2) is 5.58 Å². The van der Waals surface area contributed by atoms with Crippen LogP contribution >= 0.6 is 0 Å². The molecule has 1 aliphatic rings. The number of nitrogens with zero attached hydrogens (tertiary/aromatic N) is 2. The molecule has 0 amide bonds. The van der Waals surface area contributed by atoms with Gasteiger partial charge in [0.25, 0.3) is 5.88 Å². The topological polar surface area (TPSA) is 113 Å². The summed E-state index contributed by atoms with van der Waals surface area (Å²) in [6, 6.07) is 18.6. The van der Waals surface area contributed by atoms with Crippen LogP contribution in [0.4, 0.5) is 0 Å². The standard InChI is InChI=1S/C22H26N2O2.C4H4O4/c1-2-7-19(8-3-1)17-24-14-12-18(13-15-24)9-6-16-25-22-20-10-4-5-11-21(20)26-23-22;5-3(6)1-2-4(7)8/h1-5,7-8,10-11,18H,6,9,12-17H2;1-2H,(H,5,6)(H,7,8)/b;2-1-. The Hall–Kier alpha value is -3.65. The fourth-order valence-electron chi connectivity index (χ4n) is 3.93. The average molecular weight is 467 g/mol. The van der Waals surface area contributed by atoms with E-state index in [1.807, 2.05) is 24.3 Å². The number of carboxylic acid groups (broad SMARTS) is 2. The zero-order chi connectivity index (χ0) is 24.2. The van der Waals surface area contributed by atoms with Crippen molar-refractivity contribution >= 4 is 22.9 Å². The number of fused-ring (bicyclic) bond motifs is 1. The SMILES string of the molecule is O=C(O)/C=C\C(=O)O.c1ccc(CN2CCC(CCCOc3noc4ccccc34)CC2)cc1. The lowest BCUT2D eigenvalue weighted by molar-refractivity contribution is -0.134. The maximum atomic E-state index is 9.55. The maximum Gasteiger partial charge on any atom is 0.328 e. The number of hydrogen-bond acceptors (Lipinski definition) is 6. The van der Waals surface area contributed by atoms with Crippen molar-refractivity contribution in [2.45, 2.75) is 32.2 Å². The van der Waals surface area contributed by atoms with Crippen molar-refractivity contribution in [3.63, 3.8) is 0 Å². The van der Waals surface area contributed by atoms with Crippen molar-refractivity contribution in [1.29, 1.82) is 0 Å². The summed E-state index contributed by atoms with van der Waals surface area (Å²) in [4.78, 5) is 21.7. The molecule has 1 aliphatic heterocycles. The molecule has 2 heterocycles. The van der Waals surface area contributed by atoms with Crippen molar-refractivity contribution < 1.29 is 29.1 Å². The van der Waals surface area contributed by atoms with E-state index in [1.165, 1.54) is 37.9 Å². The Bertz CT molecular complexity index is 1060. The second-order valence-electron chi connectivity index (χ2n) is 8.19. The number of para-hydroxylation sites is 1. The van der Waals surface area contributed by atoms with E-state index < -0.39 is 11.9 Å². The summed E-state index contributed by atoms with van der Waals surface area (Å²) in [6.07, 6.45) is 6.00. The first-order valence-electron chi connectivity index (χ1n) is 11.4. The molecule has 0 unspecified atom stereocenters. The summed E-state index contributed by atoms with van der Waals surface area (Å²) in [5.74, 6) is -1.07. The third-order valence-electron chi connectivity index (χ3n) is 5.66. The fraction of sp³-hybridized carbons (Fsp3) is 0.346. The zero-order valence-corrected chi connectivity index (χ0v) is 19.0. The van der Waals surface area contributed by atoms with E-state index in [0.717, 1.165) is 29.9 Å². The van der Waals surface area contributed by atoms with Gasteiger partial charge < -0.3 is 19.5 Å². The van der Waals surface area contributed by atoms with E-state index in [0.29, 0.717) is 24.6 Å². The quantitative estimate of drug-likeness (QED) is 0.347. The average Bonchev–Trinajstić information content (AvgIpc) is 3.26. The Labute approximate surface area is 198 Å². The van der Waals surface area contributed by atoms with E-state index in [4.69, 9.17) is 19.5 Å². The third-order valence-corrected chi connectivity index (χ3v) is 5.66. The minimum atomic E-state index is -1.26. The van der Waals surface area contributed by atoms with E-state index in [9.17, 15) is 9.59 Å². The molecule has 0 bridgehead atoms. The first kappa shape index (κ1) is 25.0. The van der Waals surface area contributed by atoms with Crippen LogP contribution in [0.2, 0.25) is 0 Å². The molecule has 0 aliphatic carbocycles. The predicted octanol–water partition coefficient (Wildman–Crippen LogP) is 4.61. The van der Waals surface area contributed by atoms with E-state index in [2.05, 4.69) is 40.4 Å². The molecular weight excluding hydrogens is 436 g/mol.